The van der Waals surface area contributed by atoms with Crippen LogP contribution in [0.5, 0.6) is 5.75 Å². The zero-order valence-corrected chi connectivity index (χ0v) is 14.0. The van der Waals surface area contributed by atoms with Gasteiger partial charge in [-0.25, -0.2) is 0 Å². The number of nitrogens with one attached hydrogen (secondary N) is 1. The number of likely N-dealkylation sites (tertiary alicyclic amines) is 1. The summed E-state index contributed by atoms with van der Waals surface area (Å²) in [6, 6.07) is 8.21. The van der Waals surface area contributed by atoms with Crippen molar-refractivity contribution in [2.45, 2.75) is 37.4 Å². The van der Waals surface area contributed by atoms with E-state index < -0.39 is 5.60 Å². The average Bonchev–Trinajstić information content (AvgIpc) is 3.07. The summed E-state index contributed by atoms with van der Waals surface area (Å²) in [5.74, 6) is 0.964. The molecule has 1 aromatic carbocycles. The number of piperidine rings is 1. The number of β-amino-alcohol motifs (C(OH)–C–C–N with tert-alkyl or cyclic N) is 1. The third kappa shape index (κ3) is 3.43. The molecule has 0 aliphatic carbocycles. The molecule has 0 bridgehead atoms. The Hall–Kier alpha value is -1.56. The smallest absolute Gasteiger partial charge is 0.129 e. The highest BCUT2D eigenvalue weighted by Crippen LogP contribution is 2.28. The highest BCUT2D eigenvalue weighted by molar-refractivity contribution is 5.85. The summed E-state index contributed by atoms with van der Waals surface area (Å²) in [6.45, 7) is 3.90. The van der Waals surface area contributed by atoms with Crippen LogP contribution in [0, 0.1) is 0 Å². The second kappa shape index (κ2) is 6.75. The predicted octanol–water partition coefficient (Wildman–Crippen LogP) is 2.55. The van der Waals surface area contributed by atoms with E-state index in [4.69, 9.17) is 9.47 Å². The van der Waals surface area contributed by atoms with Crippen molar-refractivity contribution in [2.75, 3.05) is 32.8 Å². The molecule has 2 saturated heterocycles. The van der Waals surface area contributed by atoms with Gasteiger partial charge in [-0.1, -0.05) is 6.07 Å². The lowest BCUT2D eigenvalue weighted by atomic mass is 9.95. The predicted molar refractivity (Wildman–Crippen MR) is 93.4 cm³/mol. The lowest BCUT2D eigenvalue weighted by Gasteiger charge is -2.39. The molecule has 1 aromatic heterocycles. The molecule has 4 rings (SSSR count). The van der Waals surface area contributed by atoms with Gasteiger partial charge in [0, 0.05) is 43.3 Å². The van der Waals surface area contributed by atoms with Gasteiger partial charge in [-0.15, -0.1) is 0 Å². The Balaban J connectivity index is 1.32. The number of rotatable bonds is 4. The largest absolute Gasteiger partial charge is 0.490 e. The molecule has 0 saturated carbocycles. The fourth-order valence-corrected chi connectivity index (χ4v) is 3.90. The van der Waals surface area contributed by atoms with E-state index in [9.17, 15) is 5.11 Å². The first-order chi connectivity index (χ1) is 11.7. The molecule has 2 N–H and O–H groups in total. The van der Waals surface area contributed by atoms with Crippen LogP contribution in [0.25, 0.3) is 10.9 Å². The maximum absolute atomic E-state index is 10.6. The second-order valence-corrected chi connectivity index (χ2v) is 7.17. The van der Waals surface area contributed by atoms with E-state index in [-0.39, 0.29) is 6.10 Å². The first kappa shape index (κ1) is 15.9. The lowest BCUT2D eigenvalue weighted by molar-refractivity contribution is -0.104. The van der Waals surface area contributed by atoms with Gasteiger partial charge in [0.05, 0.1) is 6.61 Å². The van der Waals surface area contributed by atoms with Crippen LogP contribution in [0.1, 0.15) is 25.7 Å². The summed E-state index contributed by atoms with van der Waals surface area (Å²) in [6.07, 6.45) is 6.00. The summed E-state index contributed by atoms with van der Waals surface area (Å²) in [5, 5.41) is 11.8. The molecule has 3 heterocycles. The molecule has 2 aromatic rings. The van der Waals surface area contributed by atoms with Crippen molar-refractivity contribution >= 4 is 10.9 Å². The molecular weight excluding hydrogens is 304 g/mol. The van der Waals surface area contributed by atoms with Gasteiger partial charge in [-0.05, 0) is 43.9 Å². The van der Waals surface area contributed by atoms with E-state index in [2.05, 4.69) is 22.0 Å². The summed E-state index contributed by atoms with van der Waals surface area (Å²) < 4.78 is 11.7. The Morgan fingerprint density at radius 1 is 1.29 bits per heavy atom. The van der Waals surface area contributed by atoms with E-state index in [0.29, 0.717) is 13.2 Å². The van der Waals surface area contributed by atoms with E-state index in [0.717, 1.165) is 62.0 Å². The minimum absolute atomic E-state index is 0.249. The van der Waals surface area contributed by atoms with Gasteiger partial charge in [-0.3, -0.25) is 0 Å². The van der Waals surface area contributed by atoms with Crippen LogP contribution in [0.15, 0.2) is 30.5 Å². The number of nitrogens with zero attached hydrogens (tertiary/aromatic N) is 1. The van der Waals surface area contributed by atoms with Crippen LogP contribution in [0.2, 0.25) is 0 Å². The van der Waals surface area contributed by atoms with Gasteiger partial charge in [0.15, 0.2) is 0 Å². The van der Waals surface area contributed by atoms with E-state index >= 15 is 0 Å². The van der Waals surface area contributed by atoms with Gasteiger partial charge in [0.1, 0.15) is 17.5 Å². The summed E-state index contributed by atoms with van der Waals surface area (Å²) >= 11 is 0. The van der Waals surface area contributed by atoms with E-state index in [1.165, 1.54) is 0 Å². The molecule has 5 nitrogen and oxygen atoms in total. The molecule has 5 heteroatoms. The molecule has 2 aliphatic heterocycles. The summed E-state index contributed by atoms with van der Waals surface area (Å²) in [5.41, 5.74) is 0.451. The molecular formula is C19H26N2O3. The third-order valence-corrected chi connectivity index (χ3v) is 5.20. The van der Waals surface area contributed by atoms with Crippen molar-refractivity contribution in [3.05, 3.63) is 30.5 Å². The zero-order chi connectivity index (χ0) is 16.4. The average molecular weight is 330 g/mol. The quantitative estimate of drug-likeness (QED) is 0.904. The Morgan fingerprint density at radius 2 is 2.17 bits per heavy atom. The lowest BCUT2D eigenvalue weighted by Crippen LogP contribution is -2.51. The molecule has 2 fully saturated rings. The van der Waals surface area contributed by atoms with Gasteiger partial charge in [0.25, 0.3) is 0 Å². The van der Waals surface area contributed by atoms with Gasteiger partial charge in [-0.2, -0.15) is 0 Å². The monoisotopic (exact) mass is 330 g/mol. The second-order valence-electron chi connectivity index (χ2n) is 7.17. The standard InChI is InChI=1S/C19H26N2O3/c22-19(8-2-12-23-14-19)13-21-10-6-15(7-11-21)24-18-4-1-3-17-16(18)5-9-20-17/h1,3-5,9,15,20,22H,2,6-8,10-14H2. The molecule has 1 unspecified atom stereocenters. The van der Waals surface area contributed by atoms with Gasteiger partial charge in [0.2, 0.25) is 0 Å². The molecule has 2 aliphatic rings. The molecule has 0 spiro atoms. The topological polar surface area (TPSA) is 57.7 Å². The highest BCUT2D eigenvalue weighted by atomic mass is 16.5. The number of H-pyrrole nitrogens is 1. The number of aromatic nitrogens is 1. The molecule has 0 radical (unpaired) electrons. The third-order valence-electron chi connectivity index (χ3n) is 5.20. The van der Waals surface area contributed by atoms with Crippen molar-refractivity contribution in [1.82, 2.24) is 9.88 Å². The van der Waals surface area contributed by atoms with Crippen molar-refractivity contribution in [3.63, 3.8) is 0 Å². The number of hydrogen-bond acceptors (Lipinski definition) is 4. The van der Waals surface area contributed by atoms with Gasteiger partial charge < -0.3 is 24.5 Å². The Morgan fingerprint density at radius 3 is 2.96 bits per heavy atom. The van der Waals surface area contributed by atoms with Gasteiger partial charge >= 0.3 is 0 Å². The molecule has 0 amide bonds. The SMILES string of the molecule is OC1(CN2CCC(Oc3cccc4[nH]ccc34)CC2)CCCOC1. The van der Waals surface area contributed by atoms with Crippen LogP contribution in [-0.2, 0) is 4.74 Å². The van der Waals surface area contributed by atoms with Crippen molar-refractivity contribution in [2.24, 2.45) is 0 Å². The van der Waals surface area contributed by atoms with Crippen molar-refractivity contribution in [1.29, 1.82) is 0 Å². The number of fused-ring (bicyclic) bond motifs is 1. The number of aromatic amines is 1. The fraction of sp³-hybridized carbons (Fsp3) is 0.579. The first-order valence-electron chi connectivity index (χ1n) is 8.97. The number of aliphatic hydroxyl groups is 1. The maximum atomic E-state index is 10.6. The summed E-state index contributed by atoms with van der Waals surface area (Å²) in [7, 11) is 0. The summed E-state index contributed by atoms with van der Waals surface area (Å²) in [4.78, 5) is 5.58. The molecule has 24 heavy (non-hydrogen) atoms. The normalized spacial score (nSPS) is 26.7. The highest BCUT2D eigenvalue weighted by Gasteiger charge is 2.33. The fourth-order valence-electron chi connectivity index (χ4n) is 3.90. The van der Waals surface area contributed by atoms with Crippen molar-refractivity contribution in [3.8, 4) is 5.75 Å². The minimum Gasteiger partial charge on any atom is -0.490 e. The zero-order valence-electron chi connectivity index (χ0n) is 14.0. The number of benzene rings is 1. The van der Waals surface area contributed by atoms with Crippen LogP contribution in [0.3, 0.4) is 0 Å². The van der Waals surface area contributed by atoms with Crippen LogP contribution in [-0.4, -0.2) is 59.5 Å². The first-order valence-corrected chi connectivity index (χ1v) is 8.97. The Kier molecular flexibility index (Phi) is 4.48. The van der Waals surface area contributed by atoms with E-state index in [1.54, 1.807) is 0 Å². The van der Waals surface area contributed by atoms with E-state index in [1.807, 2.05) is 18.3 Å². The number of hydrogen-bond donors (Lipinski definition) is 2. The Bertz CT molecular complexity index is 670. The maximum Gasteiger partial charge on any atom is 0.129 e. The van der Waals surface area contributed by atoms with Crippen LogP contribution in [0.4, 0.5) is 0 Å². The minimum atomic E-state index is -0.664. The molecule has 130 valence electrons. The Labute approximate surface area is 142 Å². The van der Waals surface area contributed by atoms with Crippen LogP contribution >= 0.6 is 0 Å². The van der Waals surface area contributed by atoms with Crippen LogP contribution < -0.4 is 4.74 Å². The number of ether oxygens (including phenoxy) is 2. The molecule has 1 atom stereocenters. The van der Waals surface area contributed by atoms with Crippen molar-refractivity contribution < 1.29 is 14.6 Å².